The van der Waals surface area contributed by atoms with Gasteiger partial charge in [0.1, 0.15) is 6.04 Å². The number of carbonyl (C=O) groups excluding carboxylic acids is 1. The molecule has 7 heteroatoms. The highest BCUT2D eigenvalue weighted by atomic mass is 32.2. The largest absolute Gasteiger partial charge is 0.361 e. The quantitative estimate of drug-likeness (QED) is 0.541. The van der Waals surface area contributed by atoms with E-state index in [0.29, 0.717) is 25.9 Å². The SMILES string of the molecule is CCCS(=O)(=O)N1CCCC[C@H]1C(=O)NC[C@H](c1ccccc1)c1c[nH]c2ccccc12. The topological polar surface area (TPSA) is 82.3 Å². The molecule has 1 aliphatic rings. The Balaban J connectivity index is 1.57. The van der Waals surface area contributed by atoms with Gasteiger partial charge in [-0.05, 0) is 36.5 Å². The van der Waals surface area contributed by atoms with Crippen LogP contribution in [-0.2, 0) is 14.8 Å². The van der Waals surface area contributed by atoms with Crippen molar-refractivity contribution in [2.24, 2.45) is 0 Å². The molecule has 1 aliphatic heterocycles. The third-order valence-corrected chi connectivity index (χ3v) is 8.33. The van der Waals surface area contributed by atoms with Crippen LogP contribution in [0.2, 0.25) is 0 Å². The van der Waals surface area contributed by atoms with E-state index in [0.717, 1.165) is 34.9 Å². The van der Waals surface area contributed by atoms with Gasteiger partial charge in [-0.15, -0.1) is 0 Å². The van der Waals surface area contributed by atoms with Gasteiger partial charge >= 0.3 is 0 Å². The molecule has 0 unspecified atom stereocenters. The summed E-state index contributed by atoms with van der Waals surface area (Å²) >= 11 is 0. The predicted molar refractivity (Wildman–Crippen MR) is 128 cm³/mol. The lowest BCUT2D eigenvalue weighted by molar-refractivity contribution is -0.125. The van der Waals surface area contributed by atoms with Crippen LogP contribution in [-0.4, -0.2) is 48.5 Å². The van der Waals surface area contributed by atoms with Gasteiger partial charge < -0.3 is 10.3 Å². The van der Waals surface area contributed by atoms with Gasteiger partial charge in [0.25, 0.3) is 0 Å². The standard InChI is InChI=1S/C25H31N3O3S/c1-2-16-32(30,31)28-15-9-8-14-24(28)25(29)27-17-21(19-10-4-3-5-11-19)22-18-26-23-13-7-6-12-20(22)23/h3-7,10-13,18,21,24,26H,2,8-9,14-17H2,1H3,(H,27,29)/t21-,24+/m1/s1. The van der Waals surface area contributed by atoms with Gasteiger partial charge in [0.05, 0.1) is 5.75 Å². The number of H-pyrrole nitrogens is 1. The van der Waals surface area contributed by atoms with Crippen LogP contribution in [0.25, 0.3) is 10.9 Å². The van der Waals surface area contributed by atoms with Gasteiger partial charge in [0, 0.05) is 36.1 Å². The molecular weight excluding hydrogens is 422 g/mol. The van der Waals surface area contributed by atoms with E-state index in [1.165, 1.54) is 4.31 Å². The molecule has 2 N–H and O–H groups in total. The molecule has 4 rings (SSSR count). The second-order valence-electron chi connectivity index (χ2n) is 8.44. The lowest BCUT2D eigenvalue weighted by Crippen LogP contribution is -2.52. The fourth-order valence-electron chi connectivity index (χ4n) is 4.67. The Morgan fingerprint density at radius 1 is 1.12 bits per heavy atom. The van der Waals surface area contributed by atoms with Crippen molar-refractivity contribution in [1.82, 2.24) is 14.6 Å². The minimum Gasteiger partial charge on any atom is -0.361 e. The molecule has 0 bridgehead atoms. The highest BCUT2D eigenvalue weighted by molar-refractivity contribution is 7.89. The maximum atomic E-state index is 13.2. The molecule has 32 heavy (non-hydrogen) atoms. The lowest BCUT2D eigenvalue weighted by atomic mass is 9.90. The number of amides is 1. The second kappa shape index (κ2) is 9.88. The molecule has 1 amide bonds. The van der Waals surface area contributed by atoms with Gasteiger partial charge in [0.15, 0.2) is 0 Å². The van der Waals surface area contributed by atoms with E-state index >= 15 is 0 Å². The summed E-state index contributed by atoms with van der Waals surface area (Å²) in [6, 6.07) is 17.6. The van der Waals surface area contributed by atoms with Crippen molar-refractivity contribution in [2.45, 2.75) is 44.6 Å². The van der Waals surface area contributed by atoms with Crippen LogP contribution in [0.1, 0.15) is 49.7 Å². The Labute approximate surface area is 190 Å². The number of nitrogens with zero attached hydrogens (tertiary/aromatic N) is 1. The summed E-state index contributed by atoms with van der Waals surface area (Å²) in [6.45, 7) is 2.68. The average molecular weight is 454 g/mol. The number of nitrogens with one attached hydrogen (secondary N) is 2. The van der Waals surface area contributed by atoms with E-state index in [1.807, 2.05) is 49.5 Å². The zero-order valence-electron chi connectivity index (χ0n) is 18.5. The first kappa shape index (κ1) is 22.6. The number of sulfonamides is 1. The van der Waals surface area contributed by atoms with Crippen LogP contribution in [0.3, 0.4) is 0 Å². The molecule has 0 spiro atoms. The Hall–Kier alpha value is -2.64. The van der Waals surface area contributed by atoms with Crippen molar-refractivity contribution in [1.29, 1.82) is 0 Å². The fourth-order valence-corrected chi connectivity index (χ4v) is 6.42. The monoisotopic (exact) mass is 453 g/mol. The molecule has 2 aromatic carbocycles. The smallest absolute Gasteiger partial charge is 0.238 e. The van der Waals surface area contributed by atoms with Crippen molar-refractivity contribution >= 4 is 26.8 Å². The number of benzene rings is 2. The molecule has 0 radical (unpaired) electrons. The molecule has 1 saturated heterocycles. The van der Waals surface area contributed by atoms with Crippen molar-refractivity contribution < 1.29 is 13.2 Å². The minimum absolute atomic E-state index is 0.0411. The first-order valence-corrected chi connectivity index (χ1v) is 13.0. The Kier molecular flexibility index (Phi) is 6.96. The van der Waals surface area contributed by atoms with Crippen molar-refractivity contribution in [2.75, 3.05) is 18.8 Å². The van der Waals surface area contributed by atoms with Crippen LogP contribution >= 0.6 is 0 Å². The number of hydrogen-bond acceptors (Lipinski definition) is 3. The normalized spacial score (nSPS) is 18.5. The van der Waals surface area contributed by atoms with E-state index in [4.69, 9.17) is 0 Å². The molecule has 2 heterocycles. The zero-order valence-corrected chi connectivity index (χ0v) is 19.3. The summed E-state index contributed by atoms with van der Waals surface area (Å²) in [7, 11) is -3.42. The van der Waals surface area contributed by atoms with Crippen LogP contribution < -0.4 is 5.32 Å². The first-order valence-electron chi connectivity index (χ1n) is 11.4. The van der Waals surface area contributed by atoms with E-state index in [2.05, 4.69) is 28.5 Å². The number of aromatic amines is 1. The molecule has 170 valence electrons. The minimum atomic E-state index is -3.42. The first-order chi connectivity index (χ1) is 15.5. The van der Waals surface area contributed by atoms with Crippen LogP contribution in [0, 0.1) is 0 Å². The molecule has 3 aromatic rings. The van der Waals surface area contributed by atoms with E-state index in [9.17, 15) is 13.2 Å². The van der Waals surface area contributed by atoms with Gasteiger partial charge in [-0.25, -0.2) is 8.42 Å². The average Bonchev–Trinajstić information content (AvgIpc) is 3.24. The predicted octanol–water partition coefficient (Wildman–Crippen LogP) is 4.01. The number of rotatable bonds is 8. The summed E-state index contributed by atoms with van der Waals surface area (Å²) in [5.74, 6) is -0.163. The molecule has 1 aromatic heterocycles. The van der Waals surface area contributed by atoms with E-state index in [1.54, 1.807) is 0 Å². The van der Waals surface area contributed by atoms with Crippen LogP contribution in [0.4, 0.5) is 0 Å². The van der Waals surface area contributed by atoms with Gasteiger partial charge in [-0.2, -0.15) is 4.31 Å². The van der Waals surface area contributed by atoms with Gasteiger partial charge in [-0.1, -0.05) is 61.9 Å². The molecule has 6 nitrogen and oxygen atoms in total. The summed E-state index contributed by atoms with van der Waals surface area (Å²) in [6.07, 6.45) is 4.78. The van der Waals surface area contributed by atoms with Gasteiger partial charge in [-0.3, -0.25) is 4.79 Å². The van der Waals surface area contributed by atoms with Crippen molar-refractivity contribution in [3.63, 3.8) is 0 Å². The molecule has 2 atom stereocenters. The molecule has 1 fully saturated rings. The fraction of sp³-hybridized carbons (Fsp3) is 0.400. The maximum absolute atomic E-state index is 13.2. The number of hydrogen-bond donors (Lipinski definition) is 2. The Morgan fingerprint density at radius 3 is 2.66 bits per heavy atom. The highest BCUT2D eigenvalue weighted by Crippen LogP contribution is 2.30. The molecule has 0 aliphatic carbocycles. The Morgan fingerprint density at radius 2 is 1.88 bits per heavy atom. The molecule has 0 saturated carbocycles. The zero-order chi connectivity index (χ0) is 22.6. The summed E-state index contributed by atoms with van der Waals surface area (Å²) in [4.78, 5) is 16.5. The van der Waals surface area contributed by atoms with Crippen LogP contribution in [0.5, 0.6) is 0 Å². The number of fused-ring (bicyclic) bond motifs is 1. The summed E-state index contributed by atoms with van der Waals surface area (Å²) < 4.78 is 26.9. The second-order valence-corrected chi connectivity index (χ2v) is 10.5. The molecular formula is C25H31N3O3S. The number of para-hydroxylation sites is 1. The van der Waals surface area contributed by atoms with Gasteiger partial charge in [0.2, 0.25) is 15.9 Å². The van der Waals surface area contributed by atoms with E-state index in [-0.39, 0.29) is 17.6 Å². The van der Waals surface area contributed by atoms with E-state index < -0.39 is 16.1 Å². The highest BCUT2D eigenvalue weighted by Gasteiger charge is 2.36. The third kappa shape index (κ3) is 4.74. The lowest BCUT2D eigenvalue weighted by Gasteiger charge is -2.34. The van der Waals surface area contributed by atoms with Crippen LogP contribution in [0.15, 0.2) is 60.8 Å². The number of aromatic nitrogens is 1. The number of carbonyl (C=O) groups is 1. The third-order valence-electron chi connectivity index (χ3n) is 6.25. The summed E-state index contributed by atoms with van der Waals surface area (Å²) in [5, 5.41) is 4.21. The number of piperidine rings is 1. The van der Waals surface area contributed by atoms with Crippen molar-refractivity contribution in [3.8, 4) is 0 Å². The summed E-state index contributed by atoms with van der Waals surface area (Å²) in [5.41, 5.74) is 3.28. The van der Waals surface area contributed by atoms with Crippen molar-refractivity contribution in [3.05, 3.63) is 71.9 Å². The Bertz CT molecular complexity index is 1160. The maximum Gasteiger partial charge on any atom is 0.238 e.